The Labute approximate surface area is 298 Å². The van der Waals surface area contributed by atoms with E-state index in [4.69, 9.17) is 15.0 Å². The van der Waals surface area contributed by atoms with Gasteiger partial charge in [-0.25, -0.2) is 15.0 Å². The lowest BCUT2D eigenvalue weighted by molar-refractivity contribution is 0.249. The maximum atomic E-state index is 9.47. The Kier molecular flexibility index (Phi) is 7.13. The molecule has 4 aliphatic carbocycles. The third kappa shape index (κ3) is 5.32. The van der Waals surface area contributed by atoms with E-state index in [1.165, 1.54) is 42.0 Å². The lowest BCUT2D eigenvalue weighted by Gasteiger charge is -2.32. The second kappa shape index (κ2) is 12.1. The van der Waals surface area contributed by atoms with E-state index in [-0.39, 0.29) is 0 Å². The molecular weight excluding hydrogens is 621 g/mol. The monoisotopic (exact) mass is 656 g/mol. The molecule has 4 nitrogen and oxygen atoms in total. The molecule has 1 heterocycles. The molecule has 0 amide bonds. The Morgan fingerprint density at radius 2 is 1.12 bits per heavy atom. The van der Waals surface area contributed by atoms with Crippen molar-refractivity contribution in [2.75, 3.05) is 0 Å². The largest absolute Gasteiger partial charge is 0.208 e. The topological polar surface area (TPSA) is 62.5 Å². The van der Waals surface area contributed by atoms with Gasteiger partial charge in [-0.05, 0) is 124 Å². The molecule has 0 spiro atoms. The number of hydrogen-bond acceptors (Lipinski definition) is 4. The zero-order valence-corrected chi connectivity index (χ0v) is 28.3. The first-order valence-corrected chi connectivity index (χ1v) is 18.2. The summed E-state index contributed by atoms with van der Waals surface area (Å²) in [4.78, 5) is 15.4. The number of benzene rings is 6. The zero-order valence-electron chi connectivity index (χ0n) is 28.3. The summed E-state index contributed by atoms with van der Waals surface area (Å²) in [5.41, 5.74) is 9.28. The molecule has 6 aromatic carbocycles. The Morgan fingerprint density at radius 3 is 1.88 bits per heavy atom. The van der Waals surface area contributed by atoms with Crippen LogP contribution in [0.25, 0.3) is 67.2 Å². The van der Waals surface area contributed by atoms with E-state index >= 15 is 0 Å². The van der Waals surface area contributed by atoms with Gasteiger partial charge in [0.2, 0.25) is 0 Å². The fourth-order valence-electron chi connectivity index (χ4n) is 9.75. The molecule has 5 unspecified atom stereocenters. The molecule has 11 rings (SSSR count). The Bertz CT molecular complexity index is 2450. The summed E-state index contributed by atoms with van der Waals surface area (Å²) in [5, 5.41) is 11.9. The van der Waals surface area contributed by atoms with E-state index in [0.29, 0.717) is 29.0 Å². The van der Waals surface area contributed by atoms with Crippen LogP contribution in [0.2, 0.25) is 0 Å². The molecule has 4 fully saturated rings. The lowest BCUT2D eigenvalue weighted by Crippen LogP contribution is -2.21. The van der Waals surface area contributed by atoms with Crippen molar-refractivity contribution in [3.8, 4) is 62.5 Å². The van der Waals surface area contributed by atoms with Crippen LogP contribution in [-0.2, 0) is 0 Å². The normalized spacial score (nSPS) is 21.6. The van der Waals surface area contributed by atoms with Crippen LogP contribution in [0.3, 0.4) is 0 Å². The summed E-state index contributed by atoms with van der Waals surface area (Å²) < 4.78 is 0. The van der Waals surface area contributed by atoms with E-state index in [0.717, 1.165) is 62.6 Å². The molecule has 4 saturated carbocycles. The van der Waals surface area contributed by atoms with Gasteiger partial charge in [0.1, 0.15) is 0 Å². The van der Waals surface area contributed by atoms with Gasteiger partial charge < -0.3 is 0 Å². The van der Waals surface area contributed by atoms with Crippen molar-refractivity contribution in [2.24, 2.45) is 23.7 Å². The molecule has 4 bridgehead atoms. The second-order valence-corrected chi connectivity index (χ2v) is 14.8. The second-order valence-electron chi connectivity index (χ2n) is 14.8. The fraction of sp³-hybridized carbons (Fsp3) is 0.191. The van der Waals surface area contributed by atoms with Gasteiger partial charge in [-0.1, -0.05) is 109 Å². The number of fused-ring (bicyclic) bond motifs is 1. The molecule has 5 atom stereocenters. The fourth-order valence-corrected chi connectivity index (χ4v) is 9.75. The van der Waals surface area contributed by atoms with Gasteiger partial charge in [0.25, 0.3) is 0 Å². The first kappa shape index (κ1) is 29.9. The predicted molar refractivity (Wildman–Crippen MR) is 204 cm³/mol. The van der Waals surface area contributed by atoms with Crippen molar-refractivity contribution in [1.29, 1.82) is 5.26 Å². The lowest BCUT2D eigenvalue weighted by atomic mass is 9.72. The molecule has 244 valence electrons. The summed E-state index contributed by atoms with van der Waals surface area (Å²) in [6, 6.07) is 51.0. The van der Waals surface area contributed by atoms with Crippen molar-refractivity contribution in [2.45, 2.75) is 31.6 Å². The van der Waals surface area contributed by atoms with Crippen LogP contribution < -0.4 is 0 Å². The first-order chi connectivity index (χ1) is 25.2. The number of nitrogens with zero attached hydrogens (tertiary/aromatic N) is 4. The summed E-state index contributed by atoms with van der Waals surface area (Å²) in [7, 11) is 0. The van der Waals surface area contributed by atoms with E-state index in [1.807, 2.05) is 42.5 Å². The van der Waals surface area contributed by atoms with E-state index in [9.17, 15) is 5.26 Å². The molecule has 0 radical (unpaired) electrons. The van der Waals surface area contributed by atoms with Gasteiger partial charge in [-0.2, -0.15) is 5.26 Å². The number of nitriles is 1. The predicted octanol–water partition coefficient (Wildman–Crippen LogP) is 11.4. The maximum Gasteiger partial charge on any atom is 0.164 e. The van der Waals surface area contributed by atoms with E-state index in [2.05, 4.69) is 103 Å². The van der Waals surface area contributed by atoms with Gasteiger partial charge in [0.15, 0.2) is 17.5 Å². The van der Waals surface area contributed by atoms with Crippen molar-refractivity contribution in [1.82, 2.24) is 15.0 Å². The van der Waals surface area contributed by atoms with Crippen molar-refractivity contribution in [3.63, 3.8) is 0 Å². The third-order valence-corrected chi connectivity index (χ3v) is 11.9. The van der Waals surface area contributed by atoms with E-state index in [1.54, 1.807) is 0 Å². The summed E-state index contributed by atoms with van der Waals surface area (Å²) in [6.07, 6.45) is 5.72. The van der Waals surface area contributed by atoms with Crippen LogP contribution in [-0.4, -0.2) is 15.0 Å². The minimum atomic E-state index is 0.630. The molecule has 0 saturated heterocycles. The van der Waals surface area contributed by atoms with Crippen molar-refractivity contribution in [3.05, 3.63) is 151 Å². The molecule has 4 aliphatic rings. The molecule has 7 aromatic rings. The Balaban J connectivity index is 1.12. The van der Waals surface area contributed by atoms with Gasteiger partial charge in [-0.3, -0.25) is 0 Å². The Hall–Kier alpha value is -5.92. The highest BCUT2D eigenvalue weighted by Crippen LogP contribution is 2.64. The average molecular weight is 657 g/mol. The average Bonchev–Trinajstić information content (AvgIpc) is 3.63. The Morgan fingerprint density at radius 1 is 0.490 bits per heavy atom. The molecule has 51 heavy (non-hydrogen) atoms. The summed E-state index contributed by atoms with van der Waals surface area (Å²) >= 11 is 0. The molecule has 1 aromatic heterocycles. The highest BCUT2D eigenvalue weighted by Gasteiger charge is 2.53. The number of rotatable bonds is 6. The van der Waals surface area contributed by atoms with Gasteiger partial charge in [0, 0.05) is 16.7 Å². The molecule has 0 N–H and O–H groups in total. The molecule has 0 aliphatic heterocycles. The van der Waals surface area contributed by atoms with Gasteiger partial charge >= 0.3 is 0 Å². The van der Waals surface area contributed by atoms with Crippen LogP contribution in [0.4, 0.5) is 0 Å². The third-order valence-electron chi connectivity index (χ3n) is 11.9. The van der Waals surface area contributed by atoms with Crippen LogP contribution in [0.1, 0.15) is 42.7 Å². The van der Waals surface area contributed by atoms with Gasteiger partial charge in [0.05, 0.1) is 11.6 Å². The number of hydrogen-bond donors (Lipinski definition) is 0. The van der Waals surface area contributed by atoms with Gasteiger partial charge in [-0.15, -0.1) is 0 Å². The van der Waals surface area contributed by atoms with Crippen LogP contribution >= 0.6 is 0 Å². The van der Waals surface area contributed by atoms with Crippen LogP contribution in [0.15, 0.2) is 140 Å². The zero-order chi connectivity index (χ0) is 33.9. The standard InChI is InChI=1S/C47H36N4/c48-28-29-13-15-31(16-14-29)36-24-38(42-12-6-10-32-7-4-5-11-41(32)42)27-40(25-36)47-50-45(34-8-2-1-3-9-34)49-46(51-47)35-19-17-33(18-20-35)44-39-22-30-21-37(26-39)43(44)23-30/h1-20,24-25,27,30,37,39,43-44H,21-23,26H2. The minimum Gasteiger partial charge on any atom is -0.208 e. The van der Waals surface area contributed by atoms with Crippen LogP contribution in [0, 0.1) is 35.0 Å². The highest BCUT2D eigenvalue weighted by molar-refractivity contribution is 5.98. The maximum absolute atomic E-state index is 9.47. The summed E-state index contributed by atoms with van der Waals surface area (Å²) in [5.74, 6) is 6.30. The van der Waals surface area contributed by atoms with Crippen LogP contribution in [0.5, 0.6) is 0 Å². The molecular formula is C47H36N4. The first-order valence-electron chi connectivity index (χ1n) is 18.2. The smallest absolute Gasteiger partial charge is 0.164 e. The minimum absolute atomic E-state index is 0.630. The van der Waals surface area contributed by atoms with E-state index < -0.39 is 0 Å². The van der Waals surface area contributed by atoms with Crippen molar-refractivity contribution < 1.29 is 0 Å². The quantitative estimate of drug-likeness (QED) is 0.179. The SMILES string of the molecule is N#Cc1ccc(-c2cc(-c3nc(-c4ccccc4)nc(-c4ccc(C5C6CC7CC(C6)C5C7)cc4)n3)cc(-c3cccc4ccccc34)c2)cc1. The van der Waals surface area contributed by atoms with Crippen molar-refractivity contribution >= 4 is 10.8 Å². The number of aromatic nitrogens is 3. The highest BCUT2D eigenvalue weighted by atomic mass is 15.0. The summed E-state index contributed by atoms with van der Waals surface area (Å²) in [6.45, 7) is 0. The molecule has 4 heteroatoms.